The van der Waals surface area contributed by atoms with Gasteiger partial charge in [0.25, 0.3) is 5.91 Å². The molecule has 0 unspecified atom stereocenters. The second-order valence-corrected chi connectivity index (χ2v) is 6.29. The minimum Gasteiger partial charge on any atom is -0.348 e. The van der Waals surface area contributed by atoms with Crippen molar-refractivity contribution in [1.29, 1.82) is 0 Å². The molecule has 1 aliphatic carbocycles. The maximum atomic E-state index is 11.9. The normalized spacial score (nSPS) is 24.1. The Morgan fingerprint density at radius 3 is 3.06 bits per heavy atom. The van der Waals surface area contributed by atoms with Gasteiger partial charge in [-0.15, -0.1) is 11.3 Å². The number of nitrogens with one attached hydrogen (secondary N) is 1. The first kappa shape index (κ1) is 12.0. The quantitative estimate of drug-likeness (QED) is 0.912. The summed E-state index contributed by atoms with van der Waals surface area (Å²) in [5.41, 5.74) is 0.583. The third-order valence-electron chi connectivity index (χ3n) is 3.56. The molecule has 2 heterocycles. The fraction of sp³-hybridized carbons (Fsp3) is 0.692. The van der Waals surface area contributed by atoms with Crippen molar-refractivity contribution in [2.75, 3.05) is 18.0 Å². The lowest BCUT2D eigenvalue weighted by atomic mass is 10.0. The Balaban J connectivity index is 1.66. The van der Waals surface area contributed by atoms with Gasteiger partial charge in [-0.3, -0.25) is 4.79 Å². The summed E-state index contributed by atoms with van der Waals surface area (Å²) in [7, 11) is 0. The standard InChI is InChI=1S/C13H19N3OS/c1-9-3-2-6-16(7-9)13-15-11(8-18-13)12(17)14-10-4-5-10/h8-10H,2-7H2,1H3,(H,14,17)/t9-/m1/s1. The summed E-state index contributed by atoms with van der Waals surface area (Å²) in [5.74, 6) is 0.719. The number of rotatable bonds is 3. The number of hydrogen-bond donors (Lipinski definition) is 1. The molecule has 4 nitrogen and oxygen atoms in total. The first-order valence-corrected chi connectivity index (χ1v) is 7.61. The number of hydrogen-bond acceptors (Lipinski definition) is 4. The monoisotopic (exact) mass is 265 g/mol. The van der Waals surface area contributed by atoms with E-state index in [1.54, 1.807) is 11.3 Å². The summed E-state index contributed by atoms with van der Waals surface area (Å²) in [6.45, 7) is 4.42. The van der Waals surface area contributed by atoms with Crippen molar-refractivity contribution in [3.63, 3.8) is 0 Å². The Morgan fingerprint density at radius 2 is 2.33 bits per heavy atom. The van der Waals surface area contributed by atoms with E-state index in [9.17, 15) is 4.79 Å². The highest BCUT2D eigenvalue weighted by molar-refractivity contribution is 7.13. The maximum Gasteiger partial charge on any atom is 0.271 e. The third-order valence-corrected chi connectivity index (χ3v) is 4.47. The molecule has 1 saturated carbocycles. The number of piperidine rings is 1. The zero-order valence-corrected chi connectivity index (χ0v) is 11.5. The highest BCUT2D eigenvalue weighted by Gasteiger charge is 2.25. The summed E-state index contributed by atoms with van der Waals surface area (Å²) in [5, 5.41) is 5.87. The molecule has 2 fully saturated rings. The highest BCUT2D eigenvalue weighted by atomic mass is 32.1. The SMILES string of the molecule is C[C@@H]1CCCN(c2nc(C(=O)NC3CC3)cs2)C1. The Morgan fingerprint density at radius 1 is 1.50 bits per heavy atom. The average molecular weight is 265 g/mol. The summed E-state index contributed by atoms with van der Waals surface area (Å²) in [6.07, 6.45) is 4.76. The van der Waals surface area contributed by atoms with Crippen LogP contribution in [0.15, 0.2) is 5.38 Å². The number of anilines is 1. The van der Waals surface area contributed by atoms with E-state index in [4.69, 9.17) is 0 Å². The lowest BCUT2D eigenvalue weighted by Crippen LogP contribution is -2.34. The Kier molecular flexibility index (Phi) is 3.24. The zero-order chi connectivity index (χ0) is 12.5. The van der Waals surface area contributed by atoms with Crippen LogP contribution in [0.1, 0.15) is 43.1 Å². The van der Waals surface area contributed by atoms with Crippen LogP contribution in [0.25, 0.3) is 0 Å². The number of carbonyl (C=O) groups excluding carboxylic acids is 1. The van der Waals surface area contributed by atoms with Crippen LogP contribution in [0.2, 0.25) is 0 Å². The van der Waals surface area contributed by atoms with Crippen molar-refractivity contribution < 1.29 is 4.79 Å². The molecule has 1 aliphatic heterocycles. The number of thiazole rings is 1. The van der Waals surface area contributed by atoms with Gasteiger partial charge in [0.15, 0.2) is 5.13 Å². The van der Waals surface area contributed by atoms with Gasteiger partial charge in [-0.1, -0.05) is 6.92 Å². The molecule has 98 valence electrons. The van der Waals surface area contributed by atoms with Gasteiger partial charge < -0.3 is 10.2 Å². The van der Waals surface area contributed by atoms with Crippen LogP contribution in [0.4, 0.5) is 5.13 Å². The van der Waals surface area contributed by atoms with Crippen molar-refractivity contribution >= 4 is 22.4 Å². The molecule has 1 amide bonds. The van der Waals surface area contributed by atoms with Crippen molar-refractivity contribution in [1.82, 2.24) is 10.3 Å². The minimum absolute atomic E-state index is 0.00921. The smallest absolute Gasteiger partial charge is 0.271 e. The topological polar surface area (TPSA) is 45.2 Å². The molecule has 18 heavy (non-hydrogen) atoms. The molecule has 1 aromatic rings. The van der Waals surface area contributed by atoms with E-state index >= 15 is 0 Å². The van der Waals surface area contributed by atoms with E-state index in [-0.39, 0.29) is 5.91 Å². The van der Waals surface area contributed by atoms with Gasteiger partial charge in [0.05, 0.1) is 0 Å². The van der Waals surface area contributed by atoms with Crippen molar-refractivity contribution in [3.8, 4) is 0 Å². The van der Waals surface area contributed by atoms with Crippen LogP contribution in [-0.4, -0.2) is 30.0 Å². The number of amides is 1. The second-order valence-electron chi connectivity index (χ2n) is 5.46. The number of aromatic nitrogens is 1. The van der Waals surface area contributed by atoms with Crippen LogP contribution < -0.4 is 10.2 Å². The summed E-state index contributed by atoms with van der Waals surface area (Å²) in [6, 6.07) is 0.401. The van der Waals surface area contributed by atoms with E-state index < -0.39 is 0 Å². The van der Waals surface area contributed by atoms with E-state index in [2.05, 4.69) is 22.1 Å². The van der Waals surface area contributed by atoms with Gasteiger partial charge in [-0.25, -0.2) is 4.98 Å². The fourth-order valence-corrected chi connectivity index (χ4v) is 3.21. The van der Waals surface area contributed by atoms with Crippen LogP contribution in [0.5, 0.6) is 0 Å². The van der Waals surface area contributed by atoms with Crippen molar-refractivity contribution in [2.24, 2.45) is 5.92 Å². The molecule has 5 heteroatoms. The van der Waals surface area contributed by atoms with Gasteiger partial charge >= 0.3 is 0 Å². The Bertz CT molecular complexity index is 441. The van der Waals surface area contributed by atoms with Crippen LogP contribution >= 0.6 is 11.3 Å². The van der Waals surface area contributed by atoms with Crippen LogP contribution in [0.3, 0.4) is 0 Å². The average Bonchev–Trinajstić information content (AvgIpc) is 3.03. The minimum atomic E-state index is -0.00921. The molecule has 1 atom stereocenters. The van der Waals surface area contributed by atoms with E-state index in [1.165, 1.54) is 12.8 Å². The molecule has 0 spiro atoms. The van der Waals surface area contributed by atoms with E-state index in [1.807, 2.05) is 5.38 Å². The molecule has 2 aliphatic rings. The summed E-state index contributed by atoms with van der Waals surface area (Å²) >= 11 is 1.59. The summed E-state index contributed by atoms with van der Waals surface area (Å²) in [4.78, 5) is 18.7. The first-order chi connectivity index (χ1) is 8.72. The largest absolute Gasteiger partial charge is 0.348 e. The van der Waals surface area contributed by atoms with E-state index in [0.717, 1.165) is 37.0 Å². The van der Waals surface area contributed by atoms with Gasteiger partial charge in [0, 0.05) is 24.5 Å². The predicted octanol–water partition coefficient (Wildman–Crippen LogP) is 2.27. The maximum absolute atomic E-state index is 11.9. The number of nitrogens with zero attached hydrogens (tertiary/aromatic N) is 2. The zero-order valence-electron chi connectivity index (χ0n) is 10.7. The molecule has 3 rings (SSSR count). The van der Waals surface area contributed by atoms with Crippen molar-refractivity contribution in [2.45, 2.75) is 38.6 Å². The predicted molar refractivity (Wildman–Crippen MR) is 73.2 cm³/mol. The lowest BCUT2D eigenvalue weighted by molar-refractivity contribution is 0.0947. The third kappa shape index (κ3) is 2.66. The highest BCUT2D eigenvalue weighted by Crippen LogP contribution is 2.26. The van der Waals surface area contributed by atoms with Gasteiger partial charge in [0.2, 0.25) is 0 Å². The van der Waals surface area contributed by atoms with Crippen LogP contribution in [-0.2, 0) is 0 Å². The number of carbonyl (C=O) groups is 1. The molecule has 0 bridgehead atoms. The van der Waals surface area contributed by atoms with Gasteiger partial charge in [0.1, 0.15) is 5.69 Å². The second kappa shape index (κ2) is 4.88. The van der Waals surface area contributed by atoms with Gasteiger partial charge in [-0.2, -0.15) is 0 Å². The van der Waals surface area contributed by atoms with Crippen LogP contribution in [0, 0.1) is 5.92 Å². The van der Waals surface area contributed by atoms with Crippen molar-refractivity contribution in [3.05, 3.63) is 11.1 Å². The molecule has 0 aromatic carbocycles. The molecular weight excluding hydrogens is 246 g/mol. The molecule has 1 saturated heterocycles. The fourth-order valence-electron chi connectivity index (χ4n) is 2.36. The Hall–Kier alpha value is -1.10. The Labute approximate surface area is 111 Å². The molecule has 1 N–H and O–H groups in total. The first-order valence-electron chi connectivity index (χ1n) is 6.73. The van der Waals surface area contributed by atoms with Gasteiger partial charge in [-0.05, 0) is 31.6 Å². The molecular formula is C13H19N3OS. The molecule has 0 radical (unpaired) electrons. The van der Waals surface area contributed by atoms with E-state index in [0.29, 0.717) is 11.7 Å². The molecule has 1 aromatic heterocycles. The summed E-state index contributed by atoms with van der Waals surface area (Å²) < 4.78 is 0. The lowest BCUT2D eigenvalue weighted by Gasteiger charge is -2.30.